The second-order valence-electron chi connectivity index (χ2n) is 2.64. The highest BCUT2D eigenvalue weighted by Gasteiger charge is 2.25. The Labute approximate surface area is 67.1 Å². The largest absolute Gasteiger partial charge is 0.334 e. The van der Waals surface area contributed by atoms with Gasteiger partial charge in [0.25, 0.3) is 0 Å². The van der Waals surface area contributed by atoms with E-state index in [0.29, 0.717) is 6.04 Å². The number of hydrogen-bond donors (Lipinski definition) is 1. The summed E-state index contributed by atoms with van der Waals surface area (Å²) in [7, 11) is 0. The van der Waals surface area contributed by atoms with Gasteiger partial charge < -0.3 is 10.2 Å². The van der Waals surface area contributed by atoms with Crippen LogP contribution in [0.1, 0.15) is 6.92 Å². The number of rotatable bonds is 3. The van der Waals surface area contributed by atoms with E-state index in [2.05, 4.69) is 11.9 Å². The standard InChI is InChI=1S/C8H14N2O/c1-3-8(11)10(4-2)7-5-9-6-7/h3,7,9H,1,4-6H2,2H3. The summed E-state index contributed by atoms with van der Waals surface area (Å²) in [5, 5.41) is 3.13. The molecular formula is C8H14N2O. The maximum absolute atomic E-state index is 11.2. The van der Waals surface area contributed by atoms with Gasteiger partial charge in [0.2, 0.25) is 5.91 Å². The fraction of sp³-hybridized carbons (Fsp3) is 0.625. The molecular weight excluding hydrogens is 140 g/mol. The average Bonchev–Trinajstić information content (AvgIpc) is 1.94. The number of carbonyl (C=O) groups excluding carboxylic acids is 1. The van der Waals surface area contributed by atoms with E-state index in [1.807, 2.05) is 11.8 Å². The topological polar surface area (TPSA) is 32.3 Å². The van der Waals surface area contributed by atoms with Crippen molar-refractivity contribution in [1.29, 1.82) is 0 Å². The minimum Gasteiger partial charge on any atom is -0.334 e. The molecule has 0 spiro atoms. The molecule has 1 aliphatic rings. The summed E-state index contributed by atoms with van der Waals surface area (Å²) in [6, 6.07) is 0.394. The SMILES string of the molecule is C=CC(=O)N(CC)C1CNC1. The van der Waals surface area contributed by atoms with Gasteiger partial charge in [-0.05, 0) is 13.0 Å². The van der Waals surface area contributed by atoms with E-state index in [1.54, 1.807) is 0 Å². The van der Waals surface area contributed by atoms with Gasteiger partial charge in [-0.3, -0.25) is 4.79 Å². The van der Waals surface area contributed by atoms with Crippen LogP contribution in [0.4, 0.5) is 0 Å². The summed E-state index contributed by atoms with van der Waals surface area (Å²) in [5.41, 5.74) is 0. The first kappa shape index (κ1) is 8.27. The zero-order chi connectivity index (χ0) is 8.27. The van der Waals surface area contributed by atoms with Crippen molar-refractivity contribution in [3.8, 4) is 0 Å². The van der Waals surface area contributed by atoms with Gasteiger partial charge in [-0.2, -0.15) is 0 Å². The van der Waals surface area contributed by atoms with Crippen LogP contribution < -0.4 is 5.32 Å². The Kier molecular flexibility index (Phi) is 2.65. The zero-order valence-corrected chi connectivity index (χ0v) is 6.84. The third-order valence-corrected chi connectivity index (χ3v) is 2.00. The quantitative estimate of drug-likeness (QED) is 0.580. The van der Waals surface area contributed by atoms with Crippen LogP contribution in [0.25, 0.3) is 0 Å². The lowest BCUT2D eigenvalue weighted by Crippen LogP contribution is -2.58. The van der Waals surface area contributed by atoms with E-state index >= 15 is 0 Å². The predicted octanol–water partition coefficient (Wildman–Crippen LogP) is -0.00730. The Balaban J connectivity index is 2.47. The van der Waals surface area contributed by atoms with E-state index in [1.165, 1.54) is 6.08 Å². The number of nitrogens with zero attached hydrogens (tertiary/aromatic N) is 1. The van der Waals surface area contributed by atoms with Crippen LogP contribution in [0.2, 0.25) is 0 Å². The summed E-state index contributed by atoms with van der Waals surface area (Å²) in [6.07, 6.45) is 1.38. The van der Waals surface area contributed by atoms with Gasteiger partial charge in [-0.1, -0.05) is 6.58 Å². The van der Waals surface area contributed by atoms with Gasteiger partial charge in [0.15, 0.2) is 0 Å². The lowest BCUT2D eigenvalue weighted by atomic mass is 10.1. The van der Waals surface area contributed by atoms with Crippen LogP contribution in [-0.2, 0) is 4.79 Å². The normalized spacial score (nSPS) is 17.2. The van der Waals surface area contributed by atoms with E-state index in [0.717, 1.165) is 19.6 Å². The zero-order valence-electron chi connectivity index (χ0n) is 6.84. The van der Waals surface area contributed by atoms with E-state index in [4.69, 9.17) is 0 Å². The fourth-order valence-electron chi connectivity index (χ4n) is 1.21. The van der Waals surface area contributed by atoms with Gasteiger partial charge in [0.05, 0.1) is 6.04 Å². The molecule has 1 amide bonds. The van der Waals surface area contributed by atoms with Crippen LogP contribution in [-0.4, -0.2) is 36.5 Å². The molecule has 0 atom stereocenters. The molecule has 3 nitrogen and oxygen atoms in total. The number of nitrogens with one attached hydrogen (secondary N) is 1. The Bertz CT molecular complexity index is 163. The fourth-order valence-corrected chi connectivity index (χ4v) is 1.21. The molecule has 0 aromatic carbocycles. The number of hydrogen-bond acceptors (Lipinski definition) is 2. The molecule has 11 heavy (non-hydrogen) atoms. The predicted molar refractivity (Wildman–Crippen MR) is 44.2 cm³/mol. The smallest absolute Gasteiger partial charge is 0.246 e. The summed E-state index contributed by atoms with van der Waals surface area (Å²) in [6.45, 7) is 8.07. The summed E-state index contributed by atoms with van der Waals surface area (Å²) in [5.74, 6) is 0.0407. The van der Waals surface area contributed by atoms with Crippen molar-refractivity contribution in [2.75, 3.05) is 19.6 Å². The first-order valence-electron chi connectivity index (χ1n) is 3.93. The number of carbonyl (C=O) groups is 1. The Morgan fingerprint density at radius 3 is 2.73 bits per heavy atom. The Morgan fingerprint density at radius 2 is 2.45 bits per heavy atom. The molecule has 0 aliphatic carbocycles. The highest BCUT2D eigenvalue weighted by Crippen LogP contribution is 2.04. The minimum absolute atomic E-state index is 0.0407. The number of amides is 1. The van der Waals surface area contributed by atoms with Crippen molar-refractivity contribution >= 4 is 5.91 Å². The lowest BCUT2D eigenvalue weighted by Gasteiger charge is -2.36. The van der Waals surface area contributed by atoms with Crippen molar-refractivity contribution in [1.82, 2.24) is 10.2 Å². The Hall–Kier alpha value is -0.830. The van der Waals surface area contributed by atoms with E-state index in [9.17, 15) is 4.79 Å². The maximum atomic E-state index is 11.2. The van der Waals surface area contributed by atoms with Crippen molar-refractivity contribution in [3.05, 3.63) is 12.7 Å². The van der Waals surface area contributed by atoms with Crippen LogP contribution in [0.5, 0.6) is 0 Å². The summed E-state index contributed by atoms with van der Waals surface area (Å²) in [4.78, 5) is 13.0. The monoisotopic (exact) mass is 154 g/mol. The summed E-state index contributed by atoms with van der Waals surface area (Å²) < 4.78 is 0. The van der Waals surface area contributed by atoms with Gasteiger partial charge >= 0.3 is 0 Å². The average molecular weight is 154 g/mol. The molecule has 1 aliphatic heterocycles. The maximum Gasteiger partial charge on any atom is 0.246 e. The molecule has 1 fully saturated rings. The van der Waals surface area contributed by atoms with E-state index in [-0.39, 0.29) is 5.91 Å². The third-order valence-electron chi connectivity index (χ3n) is 2.00. The summed E-state index contributed by atoms with van der Waals surface area (Å²) >= 11 is 0. The van der Waals surface area contributed by atoms with Crippen LogP contribution in [0, 0.1) is 0 Å². The molecule has 1 saturated heterocycles. The molecule has 0 radical (unpaired) electrons. The van der Waals surface area contributed by atoms with Gasteiger partial charge in [0.1, 0.15) is 0 Å². The van der Waals surface area contributed by atoms with Gasteiger partial charge in [0, 0.05) is 19.6 Å². The molecule has 62 valence electrons. The molecule has 0 saturated carbocycles. The van der Waals surface area contributed by atoms with Crippen LogP contribution >= 0.6 is 0 Å². The molecule has 0 aromatic heterocycles. The first-order valence-corrected chi connectivity index (χ1v) is 3.93. The van der Waals surface area contributed by atoms with Gasteiger partial charge in [-0.25, -0.2) is 0 Å². The molecule has 1 N–H and O–H groups in total. The van der Waals surface area contributed by atoms with E-state index < -0.39 is 0 Å². The highest BCUT2D eigenvalue weighted by atomic mass is 16.2. The molecule has 3 heteroatoms. The molecule has 0 unspecified atom stereocenters. The molecule has 0 aromatic rings. The van der Waals surface area contributed by atoms with Crippen molar-refractivity contribution in [2.45, 2.75) is 13.0 Å². The van der Waals surface area contributed by atoms with Crippen LogP contribution in [0.3, 0.4) is 0 Å². The second-order valence-corrected chi connectivity index (χ2v) is 2.64. The second kappa shape index (κ2) is 3.53. The van der Waals surface area contributed by atoms with Crippen molar-refractivity contribution < 1.29 is 4.79 Å². The molecule has 1 heterocycles. The number of likely N-dealkylation sites (N-methyl/N-ethyl adjacent to an activating group) is 1. The van der Waals surface area contributed by atoms with Crippen molar-refractivity contribution in [3.63, 3.8) is 0 Å². The molecule has 0 bridgehead atoms. The Morgan fingerprint density at radius 1 is 1.82 bits per heavy atom. The van der Waals surface area contributed by atoms with Crippen molar-refractivity contribution in [2.24, 2.45) is 0 Å². The highest BCUT2D eigenvalue weighted by molar-refractivity contribution is 5.87. The van der Waals surface area contributed by atoms with Crippen LogP contribution in [0.15, 0.2) is 12.7 Å². The minimum atomic E-state index is 0.0407. The third kappa shape index (κ3) is 1.60. The lowest BCUT2D eigenvalue weighted by molar-refractivity contribution is -0.128. The van der Waals surface area contributed by atoms with Gasteiger partial charge in [-0.15, -0.1) is 0 Å². The first-order chi connectivity index (χ1) is 5.29. The molecule has 1 rings (SSSR count).